The highest BCUT2D eigenvalue weighted by molar-refractivity contribution is 5.73. The fraction of sp³-hybridized carbons (Fsp3) is 0.600. The first-order chi connectivity index (χ1) is 12.4. The first-order valence-electron chi connectivity index (χ1n) is 9.02. The number of aryl methyl sites for hydroxylation is 2. The zero-order valence-electron chi connectivity index (χ0n) is 16.4. The molecule has 27 heavy (non-hydrogen) atoms. The highest BCUT2D eigenvalue weighted by atomic mass is 16.5. The third-order valence-corrected chi connectivity index (χ3v) is 4.82. The zero-order chi connectivity index (χ0) is 20.8. The van der Waals surface area contributed by atoms with Crippen molar-refractivity contribution < 1.29 is 34.8 Å². The molecule has 0 heterocycles. The van der Waals surface area contributed by atoms with E-state index < -0.39 is 22.7 Å². The Kier molecular flexibility index (Phi) is 7.51. The number of carboxylic acid groups (broad SMARTS) is 1. The summed E-state index contributed by atoms with van der Waals surface area (Å²) in [4.78, 5) is 21.7. The van der Waals surface area contributed by atoms with Gasteiger partial charge >= 0.3 is 5.97 Å². The molecule has 0 bridgehead atoms. The molecular weight excluding hydrogens is 352 g/mol. The van der Waals surface area contributed by atoms with Crippen molar-refractivity contribution in [2.24, 2.45) is 5.41 Å². The van der Waals surface area contributed by atoms with Gasteiger partial charge in [-0.15, -0.1) is 0 Å². The van der Waals surface area contributed by atoms with Gasteiger partial charge in [-0.05, 0) is 83.4 Å². The second-order valence-electron chi connectivity index (χ2n) is 8.11. The molecule has 0 radical (unpaired) electrons. The van der Waals surface area contributed by atoms with E-state index >= 15 is 0 Å². The minimum Gasteiger partial charge on any atom is -0.504 e. The van der Waals surface area contributed by atoms with E-state index in [1.807, 2.05) is 0 Å². The number of aliphatic carboxylic acids is 1. The van der Waals surface area contributed by atoms with Crippen molar-refractivity contribution in [3.63, 3.8) is 0 Å². The molecular formula is C20H30O7. The van der Waals surface area contributed by atoms with E-state index in [4.69, 9.17) is 9.84 Å². The molecule has 4 N–H and O–H groups in total. The third kappa shape index (κ3) is 6.34. The Labute approximate surface area is 159 Å². The predicted octanol–water partition coefficient (Wildman–Crippen LogP) is 3.51. The van der Waals surface area contributed by atoms with Gasteiger partial charge in [-0.25, -0.2) is 0 Å². The van der Waals surface area contributed by atoms with Crippen LogP contribution in [0.3, 0.4) is 0 Å². The van der Waals surface area contributed by atoms with Crippen LogP contribution in [0.5, 0.6) is 17.2 Å². The van der Waals surface area contributed by atoms with Gasteiger partial charge in [-0.3, -0.25) is 9.59 Å². The van der Waals surface area contributed by atoms with Crippen LogP contribution in [0.25, 0.3) is 0 Å². The van der Waals surface area contributed by atoms with Crippen LogP contribution < -0.4 is 0 Å². The monoisotopic (exact) mass is 382 g/mol. The molecule has 0 aliphatic heterocycles. The average molecular weight is 382 g/mol. The second-order valence-corrected chi connectivity index (χ2v) is 8.11. The van der Waals surface area contributed by atoms with E-state index in [2.05, 4.69) is 0 Å². The molecule has 0 amide bonds. The molecule has 0 unspecified atom stereocenters. The molecule has 0 spiro atoms. The maximum absolute atomic E-state index is 11.2. The summed E-state index contributed by atoms with van der Waals surface area (Å²) in [6.45, 7) is 7.24. The summed E-state index contributed by atoms with van der Waals surface area (Å²) in [6.07, 6.45) is 2.90. The Bertz CT molecular complexity index is 677. The molecule has 0 aromatic heterocycles. The number of phenols is 3. The van der Waals surface area contributed by atoms with E-state index in [1.165, 1.54) is 0 Å². The number of carboxylic acids is 1. The van der Waals surface area contributed by atoms with Gasteiger partial charge in [-0.1, -0.05) is 0 Å². The number of aromatic hydroxyl groups is 3. The lowest BCUT2D eigenvalue weighted by atomic mass is 9.86. The van der Waals surface area contributed by atoms with E-state index in [-0.39, 0.29) is 11.5 Å². The molecule has 152 valence electrons. The molecule has 0 saturated carbocycles. The summed E-state index contributed by atoms with van der Waals surface area (Å²) < 4.78 is 4.99. The Morgan fingerprint density at radius 3 is 1.89 bits per heavy atom. The summed E-state index contributed by atoms with van der Waals surface area (Å²) in [5.41, 5.74) is -0.548. The number of rotatable bonds is 11. The van der Waals surface area contributed by atoms with E-state index in [1.54, 1.807) is 33.8 Å². The molecule has 1 aromatic rings. The van der Waals surface area contributed by atoms with Crippen molar-refractivity contribution in [1.29, 1.82) is 0 Å². The van der Waals surface area contributed by atoms with Crippen LogP contribution in [-0.4, -0.2) is 38.5 Å². The van der Waals surface area contributed by atoms with Gasteiger partial charge in [0.25, 0.3) is 6.47 Å². The standard InChI is InChI=1S/C20H30O7/c1-19(2,18(25)26)9-5-7-13-11-14(16(23)17(24)15(13)22)8-6-10-20(3,4)27-12-21/h11-12,22-24H,5-10H2,1-4H3,(H,25,26). The zero-order valence-corrected chi connectivity index (χ0v) is 16.4. The van der Waals surface area contributed by atoms with Gasteiger partial charge in [0.1, 0.15) is 5.60 Å². The molecule has 0 saturated heterocycles. The Morgan fingerprint density at radius 2 is 1.44 bits per heavy atom. The van der Waals surface area contributed by atoms with Crippen molar-refractivity contribution in [2.75, 3.05) is 0 Å². The quantitative estimate of drug-likeness (QED) is 0.341. The number of carbonyl (C=O) groups excluding carboxylic acids is 1. The number of benzene rings is 1. The van der Waals surface area contributed by atoms with Crippen molar-refractivity contribution in [1.82, 2.24) is 0 Å². The molecule has 7 heteroatoms. The first kappa shape index (κ1) is 22.6. The summed E-state index contributed by atoms with van der Waals surface area (Å²) in [5, 5.41) is 39.3. The number of hydrogen-bond acceptors (Lipinski definition) is 6. The summed E-state index contributed by atoms with van der Waals surface area (Å²) in [5.74, 6) is -2.20. The maximum Gasteiger partial charge on any atom is 0.309 e. The third-order valence-electron chi connectivity index (χ3n) is 4.82. The number of hydrogen-bond donors (Lipinski definition) is 4. The number of ether oxygens (including phenoxy) is 1. The van der Waals surface area contributed by atoms with E-state index in [0.29, 0.717) is 56.1 Å². The van der Waals surface area contributed by atoms with Crippen molar-refractivity contribution in [3.8, 4) is 17.2 Å². The lowest BCUT2D eigenvalue weighted by molar-refractivity contribution is -0.147. The van der Waals surface area contributed by atoms with Crippen molar-refractivity contribution in [2.45, 2.75) is 71.8 Å². The molecule has 0 fully saturated rings. The minimum atomic E-state index is -0.888. The maximum atomic E-state index is 11.2. The largest absolute Gasteiger partial charge is 0.504 e. The Balaban J connectivity index is 2.83. The molecule has 7 nitrogen and oxygen atoms in total. The van der Waals surface area contributed by atoms with Crippen LogP contribution in [0.15, 0.2) is 6.07 Å². The highest BCUT2D eigenvalue weighted by Gasteiger charge is 2.27. The van der Waals surface area contributed by atoms with Gasteiger partial charge in [0.05, 0.1) is 5.41 Å². The van der Waals surface area contributed by atoms with Crippen molar-refractivity contribution >= 4 is 12.4 Å². The van der Waals surface area contributed by atoms with Gasteiger partial charge in [0.15, 0.2) is 11.5 Å². The first-order valence-corrected chi connectivity index (χ1v) is 9.02. The summed E-state index contributed by atoms with van der Waals surface area (Å²) >= 11 is 0. The minimum absolute atomic E-state index is 0.365. The topological polar surface area (TPSA) is 124 Å². The smallest absolute Gasteiger partial charge is 0.309 e. The molecule has 0 atom stereocenters. The molecule has 0 aliphatic carbocycles. The van der Waals surface area contributed by atoms with Crippen molar-refractivity contribution in [3.05, 3.63) is 17.2 Å². The molecule has 1 aromatic carbocycles. The van der Waals surface area contributed by atoms with Gasteiger partial charge < -0.3 is 25.2 Å². The van der Waals surface area contributed by atoms with Crippen LogP contribution in [0, 0.1) is 5.41 Å². The highest BCUT2D eigenvalue weighted by Crippen LogP contribution is 2.42. The average Bonchev–Trinajstić information content (AvgIpc) is 2.56. The van der Waals surface area contributed by atoms with Crippen LogP contribution in [0.4, 0.5) is 0 Å². The van der Waals surface area contributed by atoms with Gasteiger partial charge in [0.2, 0.25) is 5.75 Å². The second kappa shape index (κ2) is 8.97. The van der Waals surface area contributed by atoms with E-state index in [0.717, 1.165) is 0 Å². The SMILES string of the molecule is CC(C)(CCCc1cc(CCCC(C)(C)C(=O)O)c(O)c(O)c1O)OC=O. The fourth-order valence-corrected chi connectivity index (χ4v) is 2.87. The Hall–Kier alpha value is -2.44. The lowest BCUT2D eigenvalue weighted by Crippen LogP contribution is -2.23. The number of carbonyl (C=O) groups is 2. The van der Waals surface area contributed by atoms with Crippen LogP contribution in [0.1, 0.15) is 64.5 Å². The Morgan fingerprint density at radius 1 is 0.963 bits per heavy atom. The van der Waals surface area contributed by atoms with Crippen LogP contribution in [0.2, 0.25) is 0 Å². The predicted molar refractivity (Wildman–Crippen MR) is 100.0 cm³/mol. The van der Waals surface area contributed by atoms with E-state index in [9.17, 15) is 24.9 Å². The van der Waals surface area contributed by atoms with Crippen LogP contribution >= 0.6 is 0 Å². The summed E-state index contributed by atoms with van der Waals surface area (Å²) in [7, 11) is 0. The molecule has 1 rings (SSSR count). The molecule has 0 aliphatic rings. The lowest BCUT2D eigenvalue weighted by Gasteiger charge is -2.22. The number of phenolic OH excluding ortho intramolecular Hbond substituents is 3. The van der Waals surface area contributed by atoms with Gasteiger partial charge in [0, 0.05) is 0 Å². The normalized spacial score (nSPS) is 12.0. The fourth-order valence-electron chi connectivity index (χ4n) is 2.87. The van der Waals surface area contributed by atoms with Gasteiger partial charge in [-0.2, -0.15) is 0 Å². The summed E-state index contributed by atoms with van der Waals surface area (Å²) in [6, 6.07) is 1.63. The van der Waals surface area contributed by atoms with Crippen LogP contribution in [-0.2, 0) is 27.2 Å².